The van der Waals surface area contributed by atoms with Crippen molar-refractivity contribution in [3.63, 3.8) is 0 Å². The fourth-order valence-corrected chi connectivity index (χ4v) is 4.39. The molecule has 0 heterocycles. The number of aryl methyl sites for hydroxylation is 1. The van der Waals surface area contributed by atoms with E-state index in [0.29, 0.717) is 0 Å². The van der Waals surface area contributed by atoms with Crippen LogP contribution in [0.5, 0.6) is 0 Å². The third-order valence-corrected chi connectivity index (χ3v) is 5.48. The van der Waals surface area contributed by atoms with Crippen molar-refractivity contribution in [3.8, 4) is 0 Å². The van der Waals surface area contributed by atoms with Gasteiger partial charge in [0.05, 0.1) is 0 Å². The lowest BCUT2D eigenvalue weighted by Gasteiger charge is -2.21. The molecule has 0 fully saturated rings. The Hall–Kier alpha value is -2.34. The van der Waals surface area contributed by atoms with E-state index in [1.165, 1.54) is 49.0 Å². The molecule has 22 heavy (non-hydrogen) atoms. The van der Waals surface area contributed by atoms with Crippen LogP contribution in [0.2, 0.25) is 0 Å². The van der Waals surface area contributed by atoms with Crippen molar-refractivity contribution in [2.75, 3.05) is 0 Å². The van der Waals surface area contributed by atoms with E-state index in [2.05, 4.69) is 75.4 Å². The van der Waals surface area contributed by atoms with Crippen molar-refractivity contribution in [2.45, 2.75) is 26.2 Å². The van der Waals surface area contributed by atoms with Crippen LogP contribution >= 0.6 is 0 Å². The standard InChI is InChI=1S/C22H18/c1-13-10-11-14-15-6-4-8-18-20(15)21-16(17(14)12-13)7-5-9-19(21)22(18,2)3/h4-12H,1-3H3. The third kappa shape index (κ3) is 1.25. The molecule has 0 heteroatoms. The van der Waals surface area contributed by atoms with Crippen molar-refractivity contribution >= 4 is 32.3 Å². The van der Waals surface area contributed by atoms with E-state index in [0.717, 1.165) is 0 Å². The molecule has 0 saturated heterocycles. The lowest BCUT2D eigenvalue weighted by atomic mass is 9.82. The summed E-state index contributed by atoms with van der Waals surface area (Å²) in [6.45, 7) is 6.89. The molecule has 106 valence electrons. The van der Waals surface area contributed by atoms with Crippen LogP contribution < -0.4 is 0 Å². The molecule has 5 rings (SSSR count). The molecule has 1 aliphatic carbocycles. The summed E-state index contributed by atoms with van der Waals surface area (Å²) in [5.74, 6) is 0. The summed E-state index contributed by atoms with van der Waals surface area (Å²) in [4.78, 5) is 0. The molecule has 0 atom stereocenters. The molecule has 0 aliphatic heterocycles. The topological polar surface area (TPSA) is 0 Å². The lowest BCUT2D eigenvalue weighted by molar-refractivity contribution is 0.663. The summed E-state index contributed by atoms with van der Waals surface area (Å²) < 4.78 is 0. The Labute approximate surface area is 130 Å². The first kappa shape index (κ1) is 12.2. The summed E-state index contributed by atoms with van der Waals surface area (Å²) in [5.41, 5.74) is 4.36. The highest BCUT2D eigenvalue weighted by Crippen LogP contribution is 2.50. The maximum atomic E-state index is 2.35. The molecule has 0 aromatic heterocycles. The maximum absolute atomic E-state index is 2.35. The second-order valence-electron chi connectivity index (χ2n) is 7.13. The van der Waals surface area contributed by atoms with Gasteiger partial charge in [0.2, 0.25) is 0 Å². The first-order valence-electron chi connectivity index (χ1n) is 7.98. The fraction of sp³-hybridized carbons (Fsp3) is 0.182. The quantitative estimate of drug-likeness (QED) is 0.342. The summed E-state index contributed by atoms with van der Waals surface area (Å²) >= 11 is 0. The van der Waals surface area contributed by atoms with Crippen LogP contribution in [-0.2, 0) is 5.41 Å². The van der Waals surface area contributed by atoms with Gasteiger partial charge in [-0.25, -0.2) is 0 Å². The van der Waals surface area contributed by atoms with E-state index in [9.17, 15) is 0 Å². The molecular weight excluding hydrogens is 264 g/mol. The van der Waals surface area contributed by atoms with Gasteiger partial charge in [-0.2, -0.15) is 0 Å². The van der Waals surface area contributed by atoms with Gasteiger partial charge < -0.3 is 0 Å². The zero-order valence-corrected chi connectivity index (χ0v) is 13.2. The molecule has 0 bridgehead atoms. The lowest BCUT2D eigenvalue weighted by Crippen LogP contribution is -2.14. The molecule has 0 radical (unpaired) electrons. The van der Waals surface area contributed by atoms with Crippen molar-refractivity contribution < 1.29 is 0 Å². The Balaban J connectivity index is 2.23. The van der Waals surface area contributed by atoms with Crippen molar-refractivity contribution in [2.24, 2.45) is 0 Å². The van der Waals surface area contributed by atoms with Crippen molar-refractivity contribution in [1.82, 2.24) is 0 Å². The molecule has 4 aromatic carbocycles. The Morgan fingerprint density at radius 3 is 1.86 bits per heavy atom. The fourth-order valence-electron chi connectivity index (χ4n) is 4.39. The normalized spacial score (nSPS) is 15.4. The second-order valence-corrected chi connectivity index (χ2v) is 7.13. The minimum atomic E-state index is 0.0910. The Kier molecular flexibility index (Phi) is 2.06. The van der Waals surface area contributed by atoms with Gasteiger partial charge in [0.1, 0.15) is 0 Å². The summed E-state index contributed by atoms with van der Waals surface area (Å²) in [7, 11) is 0. The van der Waals surface area contributed by atoms with E-state index in [-0.39, 0.29) is 5.41 Å². The maximum Gasteiger partial charge on any atom is 0.0159 e. The molecule has 1 aliphatic rings. The Morgan fingerprint density at radius 1 is 0.636 bits per heavy atom. The first-order valence-corrected chi connectivity index (χ1v) is 7.98. The van der Waals surface area contributed by atoms with Gasteiger partial charge >= 0.3 is 0 Å². The van der Waals surface area contributed by atoms with Gasteiger partial charge in [0.25, 0.3) is 0 Å². The average molecular weight is 282 g/mol. The molecule has 0 spiro atoms. The predicted molar refractivity (Wildman–Crippen MR) is 95.8 cm³/mol. The highest BCUT2D eigenvalue weighted by molar-refractivity contribution is 6.28. The number of benzene rings is 4. The van der Waals surface area contributed by atoms with Crippen LogP contribution in [0, 0.1) is 6.92 Å². The van der Waals surface area contributed by atoms with Gasteiger partial charge in [0, 0.05) is 5.41 Å². The summed E-state index contributed by atoms with van der Waals surface area (Å²) in [5, 5.41) is 8.51. The minimum Gasteiger partial charge on any atom is -0.0613 e. The highest BCUT2D eigenvalue weighted by Gasteiger charge is 2.34. The Morgan fingerprint density at radius 2 is 1.23 bits per heavy atom. The molecule has 0 N–H and O–H groups in total. The third-order valence-electron chi connectivity index (χ3n) is 5.48. The molecule has 0 saturated carbocycles. The molecule has 0 nitrogen and oxygen atoms in total. The second kappa shape index (κ2) is 3.70. The molecular formula is C22H18. The molecule has 0 amide bonds. The van der Waals surface area contributed by atoms with Crippen LogP contribution in [-0.4, -0.2) is 0 Å². The van der Waals surface area contributed by atoms with Crippen LogP contribution in [0.3, 0.4) is 0 Å². The van der Waals surface area contributed by atoms with Crippen LogP contribution in [0.15, 0.2) is 54.6 Å². The molecule has 0 unspecified atom stereocenters. The Bertz CT molecular complexity index is 1100. The summed E-state index contributed by atoms with van der Waals surface area (Å²) in [6.07, 6.45) is 0. The van der Waals surface area contributed by atoms with E-state index in [4.69, 9.17) is 0 Å². The van der Waals surface area contributed by atoms with Crippen molar-refractivity contribution in [3.05, 3.63) is 71.3 Å². The van der Waals surface area contributed by atoms with Gasteiger partial charge in [-0.15, -0.1) is 0 Å². The number of hydrogen-bond acceptors (Lipinski definition) is 0. The van der Waals surface area contributed by atoms with Crippen LogP contribution in [0.25, 0.3) is 32.3 Å². The van der Waals surface area contributed by atoms with E-state index in [1.54, 1.807) is 0 Å². The van der Waals surface area contributed by atoms with Crippen molar-refractivity contribution in [1.29, 1.82) is 0 Å². The van der Waals surface area contributed by atoms with Gasteiger partial charge in [-0.3, -0.25) is 0 Å². The largest absolute Gasteiger partial charge is 0.0613 e. The minimum absolute atomic E-state index is 0.0910. The van der Waals surface area contributed by atoms with Gasteiger partial charge in [-0.05, 0) is 50.4 Å². The van der Waals surface area contributed by atoms with Crippen LogP contribution in [0.4, 0.5) is 0 Å². The smallest absolute Gasteiger partial charge is 0.0159 e. The SMILES string of the molecule is Cc1ccc2c(c1)c1cccc3c1c1c(cccc21)C3(C)C. The highest BCUT2D eigenvalue weighted by atomic mass is 14.4. The zero-order chi connectivity index (χ0) is 15.1. The van der Waals surface area contributed by atoms with E-state index >= 15 is 0 Å². The van der Waals surface area contributed by atoms with Gasteiger partial charge in [0.15, 0.2) is 0 Å². The first-order chi connectivity index (χ1) is 10.6. The average Bonchev–Trinajstić information content (AvgIpc) is 2.76. The molecule has 4 aromatic rings. The number of rotatable bonds is 0. The predicted octanol–water partition coefficient (Wildman–Crippen LogP) is 6.09. The van der Waals surface area contributed by atoms with E-state index < -0.39 is 0 Å². The van der Waals surface area contributed by atoms with Crippen LogP contribution in [0.1, 0.15) is 30.5 Å². The summed E-state index contributed by atoms with van der Waals surface area (Å²) in [6, 6.07) is 20.5. The zero-order valence-electron chi connectivity index (χ0n) is 13.2. The number of fused-ring (bicyclic) bond motifs is 3. The van der Waals surface area contributed by atoms with E-state index in [1.807, 2.05) is 0 Å². The van der Waals surface area contributed by atoms with Gasteiger partial charge in [-0.1, -0.05) is 74.0 Å². The monoisotopic (exact) mass is 282 g/mol. The number of hydrogen-bond donors (Lipinski definition) is 0.